The van der Waals surface area contributed by atoms with Crippen LogP contribution >= 0.6 is 23.5 Å². The third-order valence-electron chi connectivity index (χ3n) is 8.24. The quantitative estimate of drug-likeness (QED) is 0.315. The fourth-order valence-electron chi connectivity index (χ4n) is 7.22. The van der Waals surface area contributed by atoms with E-state index in [4.69, 9.17) is 0 Å². The summed E-state index contributed by atoms with van der Waals surface area (Å²) < 4.78 is 0. The Hall–Kier alpha value is -1.38. The van der Waals surface area contributed by atoms with Gasteiger partial charge in [-0.05, 0) is 96.0 Å². The first-order chi connectivity index (χ1) is 14.9. The number of thioether (sulfide) groups is 2. The molecule has 4 aliphatic carbocycles. The molecule has 154 valence electrons. The van der Waals surface area contributed by atoms with Crippen LogP contribution in [0.3, 0.4) is 0 Å². The van der Waals surface area contributed by atoms with Gasteiger partial charge >= 0.3 is 0 Å². The minimum absolute atomic E-state index is 0.848. The average molecular weight is 431 g/mol. The van der Waals surface area contributed by atoms with Crippen molar-refractivity contribution in [3.8, 4) is 0 Å². The van der Waals surface area contributed by atoms with Crippen molar-refractivity contribution in [1.29, 1.82) is 0 Å². The summed E-state index contributed by atoms with van der Waals surface area (Å²) in [7, 11) is 0. The molecular formula is C28H30S2. The van der Waals surface area contributed by atoms with Gasteiger partial charge in [-0.2, -0.15) is 0 Å². The molecule has 0 amide bonds. The van der Waals surface area contributed by atoms with Crippen molar-refractivity contribution in [3.05, 3.63) is 85.0 Å². The van der Waals surface area contributed by atoms with Crippen LogP contribution in [0, 0.1) is 47.3 Å². The van der Waals surface area contributed by atoms with E-state index in [9.17, 15) is 0 Å². The monoisotopic (exact) mass is 430 g/mol. The predicted molar refractivity (Wildman–Crippen MR) is 130 cm³/mol. The predicted octanol–water partition coefficient (Wildman–Crippen LogP) is 7.45. The summed E-state index contributed by atoms with van der Waals surface area (Å²) in [5.74, 6) is 9.53. The van der Waals surface area contributed by atoms with Crippen molar-refractivity contribution in [2.75, 3.05) is 11.5 Å². The van der Waals surface area contributed by atoms with E-state index in [0.717, 1.165) is 47.3 Å². The molecule has 0 nitrogen and oxygen atoms in total. The second-order valence-corrected chi connectivity index (χ2v) is 11.8. The number of rotatable bonds is 8. The normalized spacial score (nSPS) is 37.2. The average Bonchev–Trinajstić information content (AvgIpc) is 3.52. The summed E-state index contributed by atoms with van der Waals surface area (Å²) in [4.78, 5) is 2.85. The van der Waals surface area contributed by atoms with Gasteiger partial charge in [0.05, 0.1) is 0 Å². The van der Waals surface area contributed by atoms with Gasteiger partial charge in [0.15, 0.2) is 0 Å². The van der Waals surface area contributed by atoms with Crippen LogP contribution in [-0.2, 0) is 0 Å². The van der Waals surface area contributed by atoms with Crippen molar-refractivity contribution in [1.82, 2.24) is 0 Å². The largest absolute Gasteiger partial charge is 0.126 e. The molecule has 6 rings (SSSR count). The highest BCUT2D eigenvalue weighted by molar-refractivity contribution is 7.99. The second kappa shape index (κ2) is 8.28. The summed E-state index contributed by atoms with van der Waals surface area (Å²) in [5.41, 5.74) is 0. The molecule has 0 radical (unpaired) electrons. The zero-order valence-corrected chi connectivity index (χ0v) is 19.0. The highest BCUT2D eigenvalue weighted by atomic mass is 32.2. The molecule has 2 fully saturated rings. The summed E-state index contributed by atoms with van der Waals surface area (Å²) in [6.07, 6.45) is 13.3. The Balaban J connectivity index is 1.09. The Morgan fingerprint density at radius 3 is 1.23 bits per heavy atom. The van der Waals surface area contributed by atoms with Crippen LogP contribution in [-0.4, -0.2) is 11.5 Å². The molecule has 0 saturated heterocycles. The lowest BCUT2D eigenvalue weighted by Crippen LogP contribution is -2.20. The molecule has 2 saturated carbocycles. The molecule has 4 unspecified atom stereocenters. The first kappa shape index (κ1) is 19.3. The number of allylic oxidation sites excluding steroid dienone is 4. The minimum atomic E-state index is 0.848. The Morgan fingerprint density at radius 1 is 0.500 bits per heavy atom. The molecule has 2 aromatic rings. The van der Waals surface area contributed by atoms with Gasteiger partial charge in [0.25, 0.3) is 0 Å². The van der Waals surface area contributed by atoms with Crippen LogP contribution < -0.4 is 0 Å². The summed E-state index contributed by atoms with van der Waals surface area (Å²) in [6, 6.07) is 21.9. The lowest BCUT2D eigenvalue weighted by atomic mass is 9.81. The van der Waals surface area contributed by atoms with Crippen molar-refractivity contribution < 1.29 is 0 Å². The zero-order chi connectivity index (χ0) is 19.9. The number of benzene rings is 2. The van der Waals surface area contributed by atoms with Crippen LogP contribution in [0.1, 0.15) is 12.8 Å². The molecule has 0 aliphatic heterocycles. The van der Waals surface area contributed by atoms with Gasteiger partial charge in [-0.1, -0.05) is 60.7 Å². The van der Waals surface area contributed by atoms with E-state index in [0.29, 0.717) is 0 Å². The maximum absolute atomic E-state index is 2.65. The van der Waals surface area contributed by atoms with Gasteiger partial charge in [0, 0.05) is 9.79 Å². The van der Waals surface area contributed by atoms with E-state index >= 15 is 0 Å². The van der Waals surface area contributed by atoms with E-state index in [1.165, 1.54) is 34.1 Å². The van der Waals surface area contributed by atoms with Crippen molar-refractivity contribution in [2.24, 2.45) is 47.3 Å². The van der Waals surface area contributed by atoms with Gasteiger partial charge in [-0.3, -0.25) is 0 Å². The topological polar surface area (TPSA) is 0 Å². The highest BCUT2D eigenvalue weighted by Crippen LogP contribution is 2.68. The van der Waals surface area contributed by atoms with Crippen molar-refractivity contribution >= 4 is 23.5 Å². The third kappa shape index (κ3) is 3.31. The summed E-state index contributed by atoms with van der Waals surface area (Å²) in [6.45, 7) is 0. The van der Waals surface area contributed by atoms with Gasteiger partial charge in [0.1, 0.15) is 0 Å². The fraction of sp³-hybridized carbons (Fsp3) is 0.429. The standard InChI is InChI=1S/C28H30S2/c1-3-7-19(8-4-1)29-17-15-21-23-11-13-25-22(16-18-30-20-9-5-2-6-10-20)26-14-12-24(21)28(26)27(23)25/h1-14,21-28H,15-18H2/t21?,22?,23-,24-,25-,26+,27?,28?/m0/s1. The van der Waals surface area contributed by atoms with Crippen LogP contribution in [0.2, 0.25) is 0 Å². The molecule has 0 spiro atoms. The molecule has 0 heterocycles. The molecule has 0 bridgehead atoms. The van der Waals surface area contributed by atoms with Gasteiger partial charge in [0.2, 0.25) is 0 Å². The first-order valence-electron chi connectivity index (χ1n) is 11.6. The van der Waals surface area contributed by atoms with Crippen molar-refractivity contribution in [2.45, 2.75) is 22.6 Å². The maximum Gasteiger partial charge on any atom is 0.00719 e. The number of hydrogen-bond donors (Lipinski definition) is 0. The lowest BCUT2D eigenvalue weighted by molar-refractivity contribution is 0.286. The summed E-state index contributed by atoms with van der Waals surface area (Å²) >= 11 is 4.09. The molecule has 4 aliphatic rings. The molecule has 30 heavy (non-hydrogen) atoms. The fourth-order valence-corrected chi connectivity index (χ4v) is 9.17. The van der Waals surface area contributed by atoms with Crippen LogP contribution in [0.25, 0.3) is 0 Å². The first-order valence-corrected chi connectivity index (χ1v) is 13.6. The van der Waals surface area contributed by atoms with Gasteiger partial charge < -0.3 is 0 Å². The molecule has 0 N–H and O–H groups in total. The van der Waals surface area contributed by atoms with E-state index in [1.807, 2.05) is 23.5 Å². The van der Waals surface area contributed by atoms with Crippen molar-refractivity contribution in [3.63, 3.8) is 0 Å². The van der Waals surface area contributed by atoms with Crippen LogP contribution in [0.5, 0.6) is 0 Å². The Bertz CT molecular complexity index is 813. The molecule has 8 atom stereocenters. The van der Waals surface area contributed by atoms with E-state index < -0.39 is 0 Å². The van der Waals surface area contributed by atoms with Gasteiger partial charge in [-0.25, -0.2) is 0 Å². The molecule has 0 aromatic heterocycles. The molecular weight excluding hydrogens is 400 g/mol. The Labute approximate surface area is 189 Å². The highest BCUT2D eigenvalue weighted by Gasteiger charge is 2.63. The van der Waals surface area contributed by atoms with Crippen LogP contribution in [0.4, 0.5) is 0 Å². The smallest absolute Gasteiger partial charge is 0.00719 e. The number of hydrogen-bond acceptors (Lipinski definition) is 2. The lowest BCUT2D eigenvalue weighted by Gasteiger charge is -2.25. The zero-order valence-electron chi connectivity index (χ0n) is 17.3. The van der Waals surface area contributed by atoms with E-state index in [-0.39, 0.29) is 0 Å². The van der Waals surface area contributed by atoms with E-state index in [1.54, 1.807) is 0 Å². The Morgan fingerprint density at radius 2 is 0.867 bits per heavy atom. The van der Waals surface area contributed by atoms with Crippen LogP contribution in [0.15, 0.2) is 94.8 Å². The minimum Gasteiger partial charge on any atom is -0.126 e. The second-order valence-electron chi connectivity index (χ2n) is 9.46. The summed E-state index contributed by atoms with van der Waals surface area (Å²) in [5, 5.41) is 0. The SMILES string of the molecule is C1=C[C@H]2C(CCSc3ccccc3)[C@@H]3C=C[C@H]4C(CCSc5ccccc5)[C@@H]1C2C43. The van der Waals surface area contributed by atoms with E-state index in [2.05, 4.69) is 85.0 Å². The Kier molecular flexibility index (Phi) is 5.33. The molecule has 2 aromatic carbocycles. The third-order valence-corrected chi connectivity index (χ3v) is 10.3. The molecule has 2 heteroatoms. The van der Waals surface area contributed by atoms with Gasteiger partial charge in [-0.15, -0.1) is 23.5 Å². The maximum atomic E-state index is 2.65.